The average molecular weight is 263 g/mol. The highest BCUT2D eigenvalue weighted by atomic mass is 32.1. The third-order valence-corrected chi connectivity index (χ3v) is 4.50. The fourth-order valence-electron chi connectivity index (χ4n) is 2.41. The number of nitrogens with one attached hydrogen (secondary N) is 1. The van der Waals surface area contributed by atoms with E-state index in [1.165, 1.54) is 5.56 Å². The first kappa shape index (κ1) is 11.9. The van der Waals surface area contributed by atoms with Gasteiger partial charge in [-0.15, -0.1) is 0 Å². The van der Waals surface area contributed by atoms with E-state index in [1.54, 1.807) is 11.3 Å². The van der Waals surface area contributed by atoms with Gasteiger partial charge in [0.25, 0.3) is 0 Å². The van der Waals surface area contributed by atoms with E-state index in [-0.39, 0.29) is 5.41 Å². The molecule has 1 N–H and O–H groups in total. The summed E-state index contributed by atoms with van der Waals surface area (Å²) in [6, 6.07) is 0. The second-order valence-electron chi connectivity index (χ2n) is 5.23. The molecule has 2 aromatic heterocycles. The van der Waals surface area contributed by atoms with Crippen LogP contribution in [0.4, 0.5) is 0 Å². The Morgan fingerprint density at radius 2 is 2.33 bits per heavy atom. The number of aryl methyl sites for hydroxylation is 1. The number of rotatable bonds is 2. The van der Waals surface area contributed by atoms with E-state index in [2.05, 4.69) is 40.1 Å². The van der Waals surface area contributed by atoms with E-state index in [1.807, 2.05) is 0 Å². The normalized spacial score (nSPS) is 24.3. The van der Waals surface area contributed by atoms with Crippen LogP contribution in [0.15, 0.2) is 15.3 Å². The van der Waals surface area contributed by atoms with Gasteiger partial charge in [0.05, 0.1) is 5.41 Å². The molecular formula is C13H17N3OS. The second kappa shape index (κ2) is 4.48. The predicted octanol–water partition coefficient (Wildman–Crippen LogP) is 2.75. The number of hydrogen-bond donors (Lipinski definition) is 1. The molecular weight excluding hydrogens is 246 g/mol. The van der Waals surface area contributed by atoms with Gasteiger partial charge in [0.1, 0.15) is 0 Å². The molecule has 1 atom stereocenters. The average Bonchev–Trinajstić information content (AvgIpc) is 2.98. The van der Waals surface area contributed by atoms with Crippen molar-refractivity contribution < 1.29 is 4.52 Å². The van der Waals surface area contributed by atoms with Crippen molar-refractivity contribution >= 4 is 11.3 Å². The highest BCUT2D eigenvalue weighted by Crippen LogP contribution is 2.32. The third-order valence-electron chi connectivity index (χ3n) is 3.64. The Morgan fingerprint density at radius 1 is 1.44 bits per heavy atom. The number of thiophene rings is 1. The van der Waals surface area contributed by atoms with Crippen molar-refractivity contribution in [2.75, 3.05) is 13.1 Å². The smallest absolute Gasteiger partial charge is 0.234 e. The Kier molecular flexibility index (Phi) is 2.95. The topological polar surface area (TPSA) is 51.0 Å². The zero-order chi connectivity index (χ0) is 12.6. The Bertz CT molecular complexity index is 540. The molecule has 0 aliphatic carbocycles. The minimum atomic E-state index is -0.0204. The summed E-state index contributed by atoms with van der Waals surface area (Å²) in [5, 5.41) is 11.7. The van der Waals surface area contributed by atoms with E-state index in [9.17, 15) is 0 Å². The van der Waals surface area contributed by atoms with E-state index >= 15 is 0 Å². The lowest BCUT2D eigenvalue weighted by Gasteiger charge is -2.30. The Labute approximate surface area is 110 Å². The van der Waals surface area contributed by atoms with Crippen LogP contribution in [-0.2, 0) is 5.41 Å². The first-order valence-electron chi connectivity index (χ1n) is 6.27. The standard InChI is InChI=1S/C13H17N3OS/c1-9-6-18-7-10(9)11-15-12(17-16-11)13(2)4-3-5-14-8-13/h6-7,14H,3-5,8H2,1-2H3. The second-order valence-corrected chi connectivity index (χ2v) is 5.98. The number of piperidine rings is 1. The van der Waals surface area contributed by atoms with Crippen molar-refractivity contribution in [3.05, 3.63) is 22.2 Å². The molecule has 96 valence electrons. The van der Waals surface area contributed by atoms with Crippen molar-refractivity contribution in [3.8, 4) is 11.4 Å². The third kappa shape index (κ3) is 1.97. The molecule has 0 bridgehead atoms. The molecule has 1 saturated heterocycles. The molecule has 1 aliphatic rings. The van der Waals surface area contributed by atoms with Crippen LogP contribution in [0.25, 0.3) is 11.4 Å². The highest BCUT2D eigenvalue weighted by Gasteiger charge is 2.34. The van der Waals surface area contributed by atoms with Crippen molar-refractivity contribution in [1.82, 2.24) is 15.5 Å². The molecule has 1 aliphatic heterocycles. The summed E-state index contributed by atoms with van der Waals surface area (Å²) in [7, 11) is 0. The molecule has 4 nitrogen and oxygen atoms in total. The van der Waals surface area contributed by atoms with Gasteiger partial charge in [-0.1, -0.05) is 5.16 Å². The SMILES string of the molecule is Cc1cscc1-c1noc(C2(C)CCCNC2)n1. The van der Waals surface area contributed by atoms with Gasteiger partial charge in [0.15, 0.2) is 0 Å². The van der Waals surface area contributed by atoms with E-state index < -0.39 is 0 Å². The molecule has 5 heteroatoms. The molecule has 0 spiro atoms. The summed E-state index contributed by atoms with van der Waals surface area (Å²) in [6.45, 7) is 6.26. The molecule has 1 unspecified atom stereocenters. The summed E-state index contributed by atoms with van der Waals surface area (Å²) in [5.74, 6) is 1.48. The van der Waals surface area contributed by atoms with Crippen LogP contribution in [0.2, 0.25) is 0 Å². The molecule has 0 radical (unpaired) electrons. The van der Waals surface area contributed by atoms with E-state index in [4.69, 9.17) is 4.52 Å². The first-order valence-corrected chi connectivity index (χ1v) is 7.21. The monoisotopic (exact) mass is 263 g/mol. The van der Waals surface area contributed by atoms with Crippen LogP contribution in [0, 0.1) is 6.92 Å². The molecule has 0 saturated carbocycles. The van der Waals surface area contributed by atoms with Crippen LogP contribution in [-0.4, -0.2) is 23.2 Å². The lowest BCUT2D eigenvalue weighted by Crippen LogP contribution is -2.41. The number of nitrogens with zero attached hydrogens (tertiary/aromatic N) is 2. The lowest BCUT2D eigenvalue weighted by molar-refractivity contribution is 0.245. The van der Waals surface area contributed by atoms with E-state index in [0.717, 1.165) is 43.2 Å². The zero-order valence-electron chi connectivity index (χ0n) is 10.7. The summed E-state index contributed by atoms with van der Waals surface area (Å²) in [6.07, 6.45) is 2.26. The van der Waals surface area contributed by atoms with Gasteiger partial charge in [0.2, 0.25) is 11.7 Å². The van der Waals surface area contributed by atoms with Gasteiger partial charge in [-0.25, -0.2) is 0 Å². The van der Waals surface area contributed by atoms with Gasteiger partial charge in [-0.05, 0) is 44.2 Å². The molecule has 18 heavy (non-hydrogen) atoms. The van der Waals surface area contributed by atoms with Gasteiger partial charge >= 0.3 is 0 Å². The van der Waals surface area contributed by atoms with Crippen LogP contribution in [0.1, 0.15) is 31.2 Å². The van der Waals surface area contributed by atoms with Gasteiger partial charge in [0, 0.05) is 17.5 Å². The van der Waals surface area contributed by atoms with Gasteiger partial charge in [-0.3, -0.25) is 0 Å². The van der Waals surface area contributed by atoms with Crippen molar-refractivity contribution in [2.24, 2.45) is 0 Å². The van der Waals surface area contributed by atoms with Crippen molar-refractivity contribution in [2.45, 2.75) is 32.1 Å². The number of aromatic nitrogens is 2. The predicted molar refractivity (Wildman–Crippen MR) is 71.8 cm³/mol. The maximum atomic E-state index is 5.49. The first-order chi connectivity index (χ1) is 8.69. The van der Waals surface area contributed by atoms with Gasteiger partial charge < -0.3 is 9.84 Å². The minimum Gasteiger partial charge on any atom is -0.338 e. The molecule has 2 aromatic rings. The van der Waals surface area contributed by atoms with Crippen LogP contribution in [0.3, 0.4) is 0 Å². The van der Waals surface area contributed by atoms with Crippen LogP contribution >= 0.6 is 11.3 Å². The summed E-state index contributed by atoms with van der Waals surface area (Å²) < 4.78 is 5.49. The van der Waals surface area contributed by atoms with Crippen molar-refractivity contribution in [3.63, 3.8) is 0 Å². The lowest BCUT2D eigenvalue weighted by atomic mass is 9.83. The molecule has 0 amide bonds. The number of hydrogen-bond acceptors (Lipinski definition) is 5. The molecule has 1 fully saturated rings. The van der Waals surface area contributed by atoms with Crippen LogP contribution in [0.5, 0.6) is 0 Å². The Hall–Kier alpha value is -1.20. The maximum absolute atomic E-state index is 5.49. The molecule has 0 aromatic carbocycles. The summed E-state index contributed by atoms with van der Waals surface area (Å²) in [4.78, 5) is 4.60. The van der Waals surface area contributed by atoms with Gasteiger partial charge in [-0.2, -0.15) is 16.3 Å². The Morgan fingerprint density at radius 3 is 3.00 bits per heavy atom. The van der Waals surface area contributed by atoms with Crippen molar-refractivity contribution in [1.29, 1.82) is 0 Å². The largest absolute Gasteiger partial charge is 0.338 e. The maximum Gasteiger partial charge on any atom is 0.234 e. The fourth-order valence-corrected chi connectivity index (χ4v) is 3.23. The summed E-state index contributed by atoms with van der Waals surface area (Å²) in [5.41, 5.74) is 2.27. The minimum absolute atomic E-state index is 0.0204. The summed E-state index contributed by atoms with van der Waals surface area (Å²) >= 11 is 1.67. The fraction of sp³-hybridized carbons (Fsp3) is 0.538. The molecule has 3 rings (SSSR count). The quantitative estimate of drug-likeness (QED) is 0.905. The Balaban J connectivity index is 1.92. The highest BCUT2D eigenvalue weighted by molar-refractivity contribution is 7.08. The van der Waals surface area contributed by atoms with E-state index in [0.29, 0.717) is 0 Å². The molecule has 3 heterocycles. The zero-order valence-corrected chi connectivity index (χ0v) is 11.5. The van der Waals surface area contributed by atoms with Crippen LogP contribution < -0.4 is 5.32 Å².